The molecule has 1 aliphatic heterocycles. The van der Waals surface area contributed by atoms with E-state index in [4.69, 9.17) is 11.6 Å². The van der Waals surface area contributed by atoms with Crippen molar-refractivity contribution in [2.24, 2.45) is 0 Å². The van der Waals surface area contributed by atoms with Crippen LogP contribution >= 0.6 is 19.4 Å². The number of quaternary nitrogens is 1. The first-order chi connectivity index (χ1) is 6.41. The van der Waals surface area contributed by atoms with Crippen molar-refractivity contribution >= 4 is 19.4 Å². The molecule has 0 aliphatic carbocycles. The van der Waals surface area contributed by atoms with Crippen LogP contribution in [0.25, 0.3) is 0 Å². The summed E-state index contributed by atoms with van der Waals surface area (Å²) in [7, 11) is -10.7. The summed E-state index contributed by atoms with van der Waals surface area (Å²) in [5.74, 6) is 0. The van der Waals surface area contributed by atoms with Gasteiger partial charge in [-0.05, 0) is 11.6 Å². The molecule has 1 nitrogen and oxygen atoms in total. The summed E-state index contributed by atoms with van der Waals surface area (Å²) < 4.78 is 95.9. The SMILES string of the molecule is FC1(Cl)CCC[N+]1(F)F.F[P-](F)(F)(F)(F)F. The van der Waals surface area contributed by atoms with Gasteiger partial charge < -0.3 is 0 Å². The molecular formula is C4H6ClF9NP. The van der Waals surface area contributed by atoms with Gasteiger partial charge in [0, 0.05) is 15.4 Å². The molecule has 0 N–H and O–H groups in total. The summed E-state index contributed by atoms with van der Waals surface area (Å²) in [4.78, 5) is -2.70. The zero-order valence-electron chi connectivity index (χ0n) is 7.30. The molecule has 0 spiro atoms. The summed E-state index contributed by atoms with van der Waals surface area (Å²) in [6.07, 6.45) is -0.117. The molecule has 1 atom stereocenters. The van der Waals surface area contributed by atoms with Gasteiger partial charge in [0.25, 0.3) is 0 Å². The number of nitrogens with zero attached hydrogens (tertiary/aromatic N) is 1. The fourth-order valence-electron chi connectivity index (χ4n) is 0.817. The predicted molar refractivity (Wildman–Crippen MR) is 39.8 cm³/mol. The Morgan fingerprint density at radius 2 is 1.31 bits per heavy atom. The van der Waals surface area contributed by atoms with Gasteiger partial charge in [-0.2, -0.15) is 4.39 Å². The Labute approximate surface area is 88.5 Å². The third-order valence-electron chi connectivity index (χ3n) is 1.40. The second-order valence-corrected chi connectivity index (χ2v) is 5.58. The molecule has 16 heavy (non-hydrogen) atoms. The number of hydrogen-bond donors (Lipinski definition) is 0. The topological polar surface area (TPSA) is 0 Å². The van der Waals surface area contributed by atoms with Crippen LogP contribution in [0.5, 0.6) is 0 Å². The van der Waals surface area contributed by atoms with Gasteiger partial charge in [0.1, 0.15) is 4.93 Å². The Kier molecular flexibility index (Phi) is 3.30. The van der Waals surface area contributed by atoms with E-state index in [1.54, 1.807) is 0 Å². The summed E-state index contributed by atoms with van der Waals surface area (Å²) in [5, 5.41) is -2.83. The van der Waals surface area contributed by atoms with Crippen LogP contribution in [0.1, 0.15) is 12.8 Å². The first-order valence-corrected chi connectivity index (χ1v) is 6.03. The zero-order chi connectivity index (χ0) is 13.5. The summed E-state index contributed by atoms with van der Waals surface area (Å²) in [5.41, 5.74) is 0. The molecule has 12 heteroatoms. The fraction of sp³-hybridized carbons (Fsp3) is 1.00. The van der Waals surface area contributed by atoms with Gasteiger partial charge in [0.2, 0.25) is 0 Å². The van der Waals surface area contributed by atoms with Gasteiger partial charge in [0.15, 0.2) is 6.54 Å². The molecule has 0 aromatic rings. The molecule has 0 aromatic heterocycles. The predicted octanol–water partition coefficient (Wildman–Crippen LogP) is 5.61. The van der Waals surface area contributed by atoms with Gasteiger partial charge in [0.05, 0.1) is 6.42 Å². The third kappa shape index (κ3) is 8.23. The molecule has 1 heterocycles. The van der Waals surface area contributed by atoms with Crippen molar-refractivity contribution in [2.75, 3.05) is 6.54 Å². The van der Waals surface area contributed by atoms with Crippen molar-refractivity contribution in [1.82, 2.24) is 0 Å². The Morgan fingerprint density at radius 3 is 1.38 bits per heavy atom. The van der Waals surface area contributed by atoms with Crippen LogP contribution < -0.4 is 0 Å². The van der Waals surface area contributed by atoms with E-state index in [0.717, 1.165) is 0 Å². The van der Waals surface area contributed by atoms with Crippen LogP contribution in [-0.2, 0) is 0 Å². The molecule has 1 saturated heterocycles. The van der Waals surface area contributed by atoms with Gasteiger partial charge in [-0.1, -0.05) is 0 Å². The van der Waals surface area contributed by atoms with Crippen molar-refractivity contribution < 1.29 is 43.5 Å². The van der Waals surface area contributed by atoms with Crippen LogP contribution in [0.3, 0.4) is 0 Å². The van der Waals surface area contributed by atoms with Gasteiger partial charge in [-0.15, -0.1) is 0 Å². The summed E-state index contributed by atoms with van der Waals surface area (Å²) in [6.45, 7) is -0.486. The molecular weight excluding hydrogens is 299 g/mol. The standard InChI is InChI=1S/C4H6ClF3N.F6P/c5-4(6)2-1-3-9(4,7)8;1-7(2,3,4,5)6/h1-3H2;/q+1;-1. The van der Waals surface area contributed by atoms with Gasteiger partial charge >= 0.3 is 38.2 Å². The van der Waals surface area contributed by atoms with E-state index in [-0.39, 0.29) is 12.8 Å². The van der Waals surface area contributed by atoms with Crippen LogP contribution in [0.2, 0.25) is 0 Å². The van der Waals surface area contributed by atoms with Crippen molar-refractivity contribution in [1.29, 1.82) is 0 Å². The van der Waals surface area contributed by atoms with Crippen molar-refractivity contribution in [2.45, 2.75) is 18.1 Å². The van der Waals surface area contributed by atoms with E-state index in [1.807, 2.05) is 0 Å². The molecule has 0 bridgehead atoms. The zero-order valence-corrected chi connectivity index (χ0v) is 8.95. The minimum absolute atomic E-state index is 0.146. The van der Waals surface area contributed by atoms with Crippen molar-refractivity contribution in [3.05, 3.63) is 0 Å². The van der Waals surface area contributed by atoms with Crippen molar-refractivity contribution in [3.8, 4) is 0 Å². The van der Waals surface area contributed by atoms with E-state index in [1.165, 1.54) is 0 Å². The van der Waals surface area contributed by atoms with Crippen LogP contribution in [0.15, 0.2) is 0 Å². The first-order valence-electron chi connectivity index (χ1n) is 3.62. The Bertz CT molecular complexity index is 241. The van der Waals surface area contributed by atoms with E-state index in [9.17, 15) is 38.5 Å². The van der Waals surface area contributed by atoms with E-state index in [0.29, 0.717) is 0 Å². The Balaban J connectivity index is 0.000000293. The molecule has 1 aliphatic rings. The van der Waals surface area contributed by atoms with Crippen LogP contribution in [0, 0.1) is 0 Å². The molecule has 1 rings (SSSR count). The van der Waals surface area contributed by atoms with Crippen LogP contribution in [-0.4, -0.2) is 16.7 Å². The van der Waals surface area contributed by atoms with Crippen molar-refractivity contribution in [3.63, 3.8) is 0 Å². The molecule has 1 fully saturated rings. The monoisotopic (exact) mass is 305 g/mol. The molecule has 0 radical (unpaired) electrons. The second kappa shape index (κ2) is 3.29. The molecule has 0 aromatic carbocycles. The maximum atomic E-state index is 12.4. The van der Waals surface area contributed by atoms with Crippen LogP contribution in [0.4, 0.5) is 38.5 Å². The first kappa shape index (κ1) is 16.1. The number of rotatable bonds is 0. The average molecular weight is 306 g/mol. The Morgan fingerprint density at radius 1 is 1.00 bits per heavy atom. The number of alkyl halides is 2. The summed E-state index contributed by atoms with van der Waals surface area (Å²) in [6, 6.07) is 0. The maximum absolute atomic E-state index is 12.4. The Hall–Kier alpha value is 0.0500. The minimum atomic E-state index is -10.7. The van der Waals surface area contributed by atoms with E-state index < -0.39 is 24.5 Å². The fourth-order valence-corrected chi connectivity index (χ4v) is 1.04. The normalized spacial score (nSPS) is 33.4. The van der Waals surface area contributed by atoms with Gasteiger partial charge in [-0.3, -0.25) is 0 Å². The molecule has 0 amide bonds. The average Bonchev–Trinajstić information content (AvgIpc) is 1.96. The molecule has 1 unspecified atom stereocenters. The van der Waals surface area contributed by atoms with E-state index in [2.05, 4.69) is 0 Å². The van der Waals surface area contributed by atoms with E-state index >= 15 is 0 Å². The molecule has 102 valence electrons. The third-order valence-corrected chi connectivity index (χ3v) is 1.83. The number of halogens is 10. The second-order valence-electron chi connectivity index (χ2n) is 3.08. The summed E-state index contributed by atoms with van der Waals surface area (Å²) >= 11 is 4.81. The van der Waals surface area contributed by atoms with Gasteiger partial charge in [-0.25, -0.2) is 0 Å². The number of hydrogen-bond acceptors (Lipinski definition) is 0. The quantitative estimate of drug-likeness (QED) is 0.179. The molecule has 0 saturated carbocycles.